The highest BCUT2D eigenvalue weighted by atomic mass is 35.5. The summed E-state index contributed by atoms with van der Waals surface area (Å²) in [5.74, 6) is -0.236. The van der Waals surface area contributed by atoms with Crippen molar-refractivity contribution in [3.05, 3.63) is 59.1 Å². The van der Waals surface area contributed by atoms with Crippen LogP contribution in [-0.4, -0.2) is 86.7 Å². The molecular formula is C23H27ClN4O4S. The summed E-state index contributed by atoms with van der Waals surface area (Å²) in [4.78, 5) is 30.3. The normalized spacial score (nSPS) is 17.8. The topological polar surface area (TPSA) is 81.2 Å². The van der Waals surface area contributed by atoms with Crippen LogP contribution in [0, 0.1) is 0 Å². The molecule has 176 valence electrons. The minimum Gasteiger partial charge on any atom is -0.368 e. The van der Waals surface area contributed by atoms with Gasteiger partial charge in [0.05, 0.1) is 4.90 Å². The van der Waals surface area contributed by atoms with Gasteiger partial charge in [0.15, 0.2) is 0 Å². The molecule has 2 fully saturated rings. The van der Waals surface area contributed by atoms with Crippen LogP contribution in [0.25, 0.3) is 0 Å². The third kappa shape index (κ3) is 5.15. The second-order valence-electron chi connectivity index (χ2n) is 8.19. The third-order valence-electron chi connectivity index (χ3n) is 6.16. The smallest absolute Gasteiger partial charge is 0.254 e. The van der Waals surface area contributed by atoms with Crippen molar-refractivity contribution in [3.8, 4) is 0 Å². The summed E-state index contributed by atoms with van der Waals surface area (Å²) in [5, 5.41) is 0.683. The first-order chi connectivity index (χ1) is 15.8. The molecule has 33 heavy (non-hydrogen) atoms. The summed E-state index contributed by atoms with van der Waals surface area (Å²) in [7, 11) is -3.74. The van der Waals surface area contributed by atoms with Gasteiger partial charge in [-0.25, -0.2) is 8.42 Å². The molecule has 2 aromatic carbocycles. The first-order valence-corrected chi connectivity index (χ1v) is 12.7. The molecule has 2 saturated heterocycles. The van der Waals surface area contributed by atoms with Crippen molar-refractivity contribution in [2.24, 2.45) is 0 Å². The van der Waals surface area contributed by atoms with Gasteiger partial charge in [-0.15, -0.1) is 0 Å². The molecule has 0 N–H and O–H groups in total. The van der Waals surface area contributed by atoms with E-state index in [1.54, 1.807) is 21.9 Å². The summed E-state index contributed by atoms with van der Waals surface area (Å²) in [5.41, 5.74) is 1.42. The number of halogens is 1. The van der Waals surface area contributed by atoms with E-state index in [1.807, 2.05) is 24.3 Å². The van der Waals surface area contributed by atoms with Gasteiger partial charge in [0.25, 0.3) is 5.91 Å². The zero-order chi connectivity index (χ0) is 23.6. The van der Waals surface area contributed by atoms with E-state index < -0.39 is 10.0 Å². The fourth-order valence-electron chi connectivity index (χ4n) is 4.18. The molecule has 2 aliphatic heterocycles. The van der Waals surface area contributed by atoms with E-state index in [4.69, 9.17) is 11.6 Å². The number of rotatable bonds is 4. The summed E-state index contributed by atoms with van der Waals surface area (Å²) in [6, 6.07) is 13.9. The highest BCUT2D eigenvalue weighted by Gasteiger charge is 2.30. The molecule has 2 heterocycles. The first kappa shape index (κ1) is 23.5. The van der Waals surface area contributed by atoms with Crippen molar-refractivity contribution in [1.82, 2.24) is 14.1 Å². The van der Waals surface area contributed by atoms with Crippen LogP contribution in [0.2, 0.25) is 5.02 Å². The van der Waals surface area contributed by atoms with Gasteiger partial charge in [0.2, 0.25) is 15.9 Å². The van der Waals surface area contributed by atoms with Crippen molar-refractivity contribution >= 4 is 39.1 Å². The lowest BCUT2D eigenvalue weighted by atomic mass is 10.1. The molecule has 2 aliphatic rings. The molecule has 0 spiro atoms. The summed E-state index contributed by atoms with van der Waals surface area (Å²) in [6.07, 6.45) is 0. The molecule has 0 saturated carbocycles. The van der Waals surface area contributed by atoms with Crippen LogP contribution >= 0.6 is 11.6 Å². The number of piperazine rings is 2. The van der Waals surface area contributed by atoms with Gasteiger partial charge in [0.1, 0.15) is 0 Å². The molecule has 0 atom stereocenters. The Morgan fingerprint density at radius 2 is 1.42 bits per heavy atom. The number of benzene rings is 2. The van der Waals surface area contributed by atoms with E-state index in [-0.39, 0.29) is 29.8 Å². The molecular weight excluding hydrogens is 464 g/mol. The average molecular weight is 491 g/mol. The Labute approximate surface area is 199 Å². The minimum absolute atomic E-state index is 0.0594. The lowest BCUT2D eigenvalue weighted by Gasteiger charge is -2.36. The number of sulfonamides is 1. The van der Waals surface area contributed by atoms with Gasteiger partial charge in [-0.1, -0.05) is 17.7 Å². The zero-order valence-electron chi connectivity index (χ0n) is 18.5. The minimum atomic E-state index is -3.74. The van der Waals surface area contributed by atoms with Crippen LogP contribution in [-0.2, 0) is 14.8 Å². The van der Waals surface area contributed by atoms with Gasteiger partial charge >= 0.3 is 0 Å². The Morgan fingerprint density at radius 1 is 0.818 bits per heavy atom. The van der Waals surface area contributed by atoms with Crippen LogP contribution in [0.4, 0.5) is 5.69 Å². The molecule has 0 radical (unpaired) electrons. The molecule has 0 aromatic heterocycles. The van der Waals surface area contributed by atoms with Crippen LogP contribution in [0.5, 0.6) is 0 Å². The van der Waals surface area contributed by atoms with Gasteiger partial charge in [-0.2, -0.15) is 4.31 Å². The second-order valence-corrected chi connectivity index (χ2v) is 10.6. The van der Waals surface area contributed by atoms with Gasteiger partial charge in [0, 0.05) is 75.6 Å². The molecule has 0 bridgehead atoms. The van der Waals surface area contributed by atoms with Crippen LogP contribution in [0.15, 0.2) is 53.4 Å². The number of carbonyl (C=O) groups is 2. The van der Waals surface area contributed by atoms with E-state index in [0.717, 1.165) is 5.69 Å². The van der Waals surface area contributed by atoms with E-state index in [9.17, 15) is 18.0 Å². The van der Waals surface area contributed by atoms with Gasteiger partial charge < -0.3 is 14.7 Å². The molecule has 4 rings (SSSR count). The number of hydrogen-bond acceptors (Lipinski definition) is 5. The predicted octanol–water partition coefficient (Wildman–Crippen LogP) is 2.16. The molecule has 2 aromatic rings. The third-order valence-corrected chi connectivity index (χ3v) is 8.31. The van der Waals surface area contributed by atoms with E-state index >= 15 is 0 Å². The maximum atomic E-state index is 13.1. The Kier molecular flexibility index (Phi) is 6.92. The van der Waals surface area contributed by atoms with Crippen molar-refractivity contribution in [2.45, 2.75) is 11.8 Å². The fourth-order valence-corrected chi connectivity index (χ4v) is 5.78. The van der Waals surface area contributed by atoms with Crippen molar-refractivity contribution in [1.29, 1.82) is 0 Å². The Morgan fingerprint density at radius 3 is 2.03 bits per heavy atom. The molecule has 0 aliphatic carbocycles. The average Bonchev–Trinajstić information content (AvgIpc) is 2.84. The summed E-state index contributed by atoms with van der Waals surface area (Å²) >= 11 is 5.96. The van der Waals surface area contributed by atoms with E-state index in [2.05, 4.69) is 4.90 Å². The lowest BCUT2D eigenvalue weighted by Crippen LogP contribution is -2.50. The first-order valence-electron chi connectivity index (χ1n) is 10.9. The van der Waals surface area contributed by atoms with Crippen molar-refractivity contribution < 1.29 is 18.0 Å². The lowest BCUT2D eigenvalue weighted by molar-refractivity contribution is -0.129. The number of carbonyl (C=O) groups excluding carboxylic acids is 2. The Bertz CT molecular complexity index is 1120. The highest BCUT2D eigenvalue weighted by Crippen LogP contribution is 2.22. The number of nitrogens with zero attached hydrogens (tertiary/aromatic N) is 4. The number of hydrogen-bond donors (Lipinski definition) is 0. The maximum Gasteiger partial charge on any atom is 0.254 e. The summed E-state index contributed by atoms with van der Waals surface area (Å²) < 4.78 is 27.6. The van der Waals surface area contributed by atoms with E-state index in [0.29, 0.717) is 49.9 Å². The molecule has 10 heteroatoms. The van der Waals surface area contributed by atoms with Crippen LogP contribution < -0.4 is 4.90 Å². The molecule has 8 nitrogen and oxygen atoms in total. The SMILES string of the molecule is CC(=O)N1CCN(S(=O)(=O)c2cccc(C(=O)N3CCN(c4ccc(Cl)cc4)CC3)c2)CC1. The monoisotopic (exact) mass is 490 g/mol. The van der Waals surface area contributed by atoms with Crippen LogP contribution in [0.1, 0.15) is 17.3 Å². The zero-order valence-corrected chi connectivity index (χ0v) is 20.1. The fraction of sp³-hybridized carbons (Fsp3) is 0.391. The Balaban J connectivity index is 1.42. The van der Waals surface area contributed by atoms with Gasteiger partial charge in [-0.05, 0) is 42.5 Å². The predicted molar refractivity (Wildman–Crippen MR) is 127 cm³/mol. The van der Waals surface area contributed by atoms with Crippen molar-refractivity contribution in [2.75, 3.05) is 57.3 Å². The van der Waals surface area contributed by atoms with Crippen LogP contribution in [0.3, 0.4) is 0 Å². The largest absolute Gasteiger partial charge is 0.368 e. The van der Waals surface area contributed by atoms with E-state index in [1.165, 1.54) is 23.4 Å². The Hall–Kier alpha value is -2.62. The quantitative estimate of drug-likeness (QED) is 0.656. The maximum absolute atomic E-state index is 13.1. The van der Waals surface area contributed by atoms with Crippen molar-refractivity contribution in [3.63, 3.8) is 0 Å². The molecule has 0 unspecified atom stereocenters. The number of amides is 2. The van der Waals surface area contributed by atoms with Gasteiger partial charge in [-0.3, -0.25) is 9.59 Å². The standard InChI is InChI=1S/C23H27ClN4O4S/c1-18(29)25-13-15-28(16-14-25)33(31,32)22-4-2-3-19(17-22)23(30)27-11-9-26(10-12-27)21-7-5-20(24)6-8-21/h2-8,17H,9-16H2,1H3. The highest BCUT2D eigenvalue weighted by molar-refractivity contribution is 7.89. The second kappa shape index (κ2) is 9.70. The number of anilines is 1. The molecule has 2 amide bonds. The summed E-state index contributed by atoms with van der Waals surface area (Å²) in [6.45, 7) is 5.17.